The quantitative estimate of drug-likeness (QED) is 0.174. The molecule has 3 aromatic rings. The van der Waals surface area contributed by atoms with E-state index in [4.69, 9.17) is 9.47 Å². The highest BCUT2D eigenvalue weighted by Gasteiger charge is 2.06. The van der Waals surface area contributed by atoms with Crippen molar-refractivity contribution in [3.63, 3.8) is 0 Å². The number of guanidine groups is 1. The highest BCUT2D eigenvalue weighted by molar-refractivity contribution is 14.0. The number of imidazole rings is 1. The van der Waals surface area contributed by atoms with Gasteiger partial charge in [0.1, 0.15) is 12.1 Å². The molecule has 2 aromatic heterocycles. The van der Waals surface area contributed by atoms with Crippen molar-refractivity contribution in [3.8, 4) is 17.3 Å². The fourth-order valence-electron chi connectivity index (χ4n) is 3.16. The molecule has 172 valence electrons. The van der Waals surface area contributed by atoms with Gasteiger partial charge in [0.2, 0.25) is 0 Å². The Kier molecular flexibility index (Phi) is 10.8. The normalized spacial score (nSPS) is 10.9. The topological polar surface area (TPSA) is 85.6 Å². The Morgan fingerprint density at radius 2 is 1.97 bits per heavy atom. The van der Waals surface area contributed by atoms with E-state index in [0.29, 0.717) is 13.2 Å². The second kappa shape index (κ2) is 13.6. The molecule has 0 fully saturated rings. The summed E-state index contributed by atoms with van der Waals surface area (Å²) >= 11 is 0. The third-order valence-corrected chi connectivity index (χ3v) is 4.72. The molecule has 9 heteroatoms. The summed E-state index contributed by atoms with van der Waals surface area (Å²) < 4.78 is 12.9. The number of hydrogen-bond acceptors (Lipinski definition) is 5. The van der Waals surface area contributed by atoms with Crippen molar-refractivity contribution in [2.45, 2.75) is 26.3 Å². The molecule has 8 nitrogen and oxygen atoms in total. The molecule has 0 radical (unpaired) electrons. The van der Waals surface area contributed by atoms with Crippen molar-refractivity contribution in [2.24, 2.45) is 4.99 Å². The Morgan fingerprint density at radius 3 is 2.69 bits per heavy atom. The summed E-state index contributed by atoms with van der Waals surface area (Å²) in [5, 5.41) is 6.71. The molecule has 0 amide bonds. The first-order valence-electron chi connectivity index (χ1n) is 10.4. The number of nitrogens with zero attached hydrogens (tertiary/aromatic N) is 4. The summed E-state index contributed by atoms with van der Waals surface area (Å²) in [4.78, 5) is 12.8. The van der Waals surface area contributed by atoms with Crippen LogP contribution in [-0.2, 0) is 13.0 Å². The largest absolute Gasteiger partial charge is 0.493 e. The van der Waals surface area contributed by atoms with Crippen LogP contribution in [0.15, 0.2) is 60.2 Å². The number of nitrogens with one attached hydrogen (secondary N) is 2. The van der Waals surface area contributed by atoms with Crippen LogP contribution in [0.3, 0.4) is 0 Å². The zero-order valence-corrected chi connectivity index (χ0v) is 21.1. The van der Waals surface area contributed by atoms with Gasteiger partial charge in [0.15, 0.2) is 17.5 Å². The molecular formula is C23H31IN6O2. The molecule has 0 bridgehead atoms. The van der Waals surface area contributed by atoms with E-state index in [9.17, 15) is 0 Å². The van der Waals surface area contributed by atoms with Crippen molar-refractivity contribution in [3.05, 3.63) is 66.4 Å². The van der Waals surface area contributed by atoms with Crippen molar-refractivity contribution < 1.29 is 9.47 Å². The first-order valence-corrected chi connectivity index (χ1v) is 10.4. The molecule has 32 heavy (non-hydrogen) atoms. The summed E-state index contributed by atoms with van der Waals surface area (Å²) in [5.41, 5.74) is 2.33. The van der Waals surface area contributed by atoms with Gasteiger partial charge in [-0.25, -0.2) is 9.97 Å². The van der Waals surface area contributed by atoms with Gasteiger partial charge in [-0.05, 0) is 55.2 Å². The molecule has 0 atom stereocenters. The van der Waals surface area contributed by atoms with E-state index in [1.54, 1.807) is 32.9 Å². The van der Waals surface area contributed by atoms with Gasteiger partial charge in [-0.2, -0.15) is 0 Å². The van der Waals surface area contributed by atoms with Crippen LogP contribution in [0, 0.1) is 0 Å². The molecule has 0 aliphatic heterocycles. The van der Waals surface area contributed by atoms with Crippen LogP contribution >= 0.6 is 24.0 Å². The summed E-state index contributed by atoms with van der Waals surface area (Å²) in [6.45, 7) is 4.05. The van der Waals surface area contributed by atoms with E-state index in [1.165, 1.54) is 5.56 Å². The van der Waals surface area contributed by atoms with Crippen LogP contribution in [0.25, 0.3) is 5.82 Å². The second-order valence-electron chi connectivity index (χ2n) is 6.87. The SMILES string of the molecule is CCOc1cc(CCCNC(=NC)NCc2ccnc(-n3ccnc3)c2)ccc1OC.I. The maximum atomic E-state index is 5.66. The predicted molar refractivity (Wildman–Crippen MR) is 137 cm³/mol. The first kappa shape index (κ1) is 25.4. The Hall–Kier alpha value is -2.82. The Labute approximate surface area is 206 Å². The molecule has 0 saturated carbocycles. The smallest absolute Gasteiger partial charge is 0.191 e. The second-order valence-corrected chi connectivity index (χ2v) is 6.87. The fraction of sp³-hybridized carbons (Fsp3) is 0.348. The van der Waals surface area contributed by atoms with Crippen LogP contribution in [0.5, 0.6) is 11.5 Å². The van der Waals surface area contributed by atoms with Crippen molar-refractivity contribution in [2.75, 3.05) is 27.3 Å². The van der Waals surface area contributed by atoms with Crippen LogP contribution in [0.1, 0.15) is 24.5 Å². The summed E-state index contributed by atoms with van der Waals surface area (Å²) in [7, 11) is 3.43. The van der Waals surface area contributed by atoms with Gasteiger partial charge in [-0.3, -0.25) is 9.56 Å². The lowest BCUT2D eigenvalue weighted by molar-refractivity contribution is 0.310. The summed E-state index contributed by atoms with van der Waals surface area (Å²) in [5.74, 6) is 3.16. The van der Waals surface area contributed by atoms with Gasteiger partial charge in [0.25, 0.3) is 0 Å². The monoisotopic (exact) mass is 550 g/mol. The van der Waals surface area contributed by atoms with E-state index < -0.39 is 0 Å². The number of pyridine rings is 1. The molecular weight excluding hydrogens is 519 g/mol. The van der Waals surface area contributed by atoms with Crippen LogP contribution in [0.4, 0.5) is 0 Å². The third-order valence-electron chi connectivity index (χ3n) is 4.72. The van der Waals surface area contributed by atoms with E-state index in [2.05, 4.69) is 37.7 Å². The first-order chi connectivity index (χ1) is 15.2. The molecule has 2 N–H and O–H groups in total. The average Bonchev–Trinajstić information content (AvgIpc) is 3.34. The minimum absolute atomic E-state index is 0. The summed E-state index contributed by atoms with van der Waals surface area (Å²) in [6, 6.07) is 10.1. The van der Waals surface area contributed by atoms with Gasteiger partial charge in [-0.15, -0.1) is 24.0 Å². The molecule has 0 spiro atoms. The number of benzene rings is 1. The zero-order chi connectivity index (χ0) is 21.9. The van der Waals surface area contributed by atoms with E-state index in [1.807, 2.05) is 35.9 Å². The number of hydrogen-bond donors (Lipinski definition) is 2. The maximum absolute atomic E-state index is 5.66. The standard InChI is InChI=1S/C23H30N6O2.HI/c1-4-31-21-14-18(7-8-20(21)30-3)6-5-10-27-23(24-2)28-16-19-9-11-26-22(15-19)29-13-12-25-17-29;/h7-9,11-15,17H,4-6,10,16H2,1-3H3,(H2,24,27,28);1H. The lowest BCUT2D eigenvalue weighted by atomic mass is 10.1. The predicted octanol–water partition coefficient (Wildman–Crippen LogP) is 3.59. The molecule has 0 aliphatic carbocycles. The Bertz CT molecular complexity index is 978. The van der Waals surface area contributed by atoms with Gasteiger partial charge in [-0.1, -0.05) is 6.07 Å². The number of rotatable bonds is 10. The van der Waals surface area contributed by atoms with Crippen LogP contribution in [0.2, 0.25) is 0 Å². The molecule has 0 aliphatic rings. The highest BCUT2D eigenvalue weighted by atomic mass is 127. The minimum Gasteiger partial charge on any atom is -0.493 e. The van der Waals surface area contributed by atoms with Gasteiger partial charge in [0.05, 0.1) is 13.7 Å². The van der Waals surface area contributed by atoms with Gasteiger partial charge < -0.3 is 20.1 Å². The minimum atomic E-state index is 0. The fourth-order valence-corrected chi connectivity index (χ4v) is 3.16. The highest BCUT2D eigenvalue weighted by Crippen LogP contribution is 2.28. The number of aryl methyl sites for hydroxylation is 1. The Balaban J connectivity index is 0.00000363. The van der Waals surface area contributed by atoms with Crippen molar-refractivity contribution >= 4 is 29.9 Å². The number of methoxy groups -OCH3 is 1. The summed E-state index contributed by atoms with van der Waals surface area (Å²) in [6.07, 6.45) is 9.06. The van der Waals surface area contributed by atoms with Crippen LogP contribution < -0.4 is 20.1 Å². The molecule has 2 heterocycles. The van der Waals surface area contributed by atoms with Crippen molar-refractivity contribution in [1.29, 1.82) is 0 Å². The number of aromatic nitrogens is 3. The van der Waals surface area contributed by atoms with E-state index in [-0.39, 0.29) is 24.0 Å². The van der Waals surface area contributed by atoms with Gasteiger partial charge in [0, 0.05) is 38.7 Å². The number of halogens is 1. The lowest BCUT2D eigenvalue weighted by Crippen LogP contribution is -2.37. The number of ether oxygens (including phenoxy) is 2. The Morgan fingerprint density at radius 1 is 1.09 bits per heavy atom. The van der Waals surface area contributed by atoms with Crippen molar-refractivity contribution in [1.82, 2.24) is 25.2 Å². The zero-order valence-electron chi connectivity index (χ0n) is 18.7. The average molecular weight is 550 g/mol. The molecule has 0 unspecified atom stereocenters. The van der Waals surface area contributed by atoms with E-state index >= 15 is 0 Å². The molecule has 3 rings (SSSR count). The molecule has 0 saturated heterocycles. The van der Waals surface area contributed by atoms with Crippen LogP contribution in [-0.4, -0.2) is 47.8 Å². The number of aliphatic imine (C=N–C) groups is 1. The lowest BCUT2D eigenvalue weighted by Gasteiger charge is -2.13. The molecule has 1 aromatic carbocycles. The third kappa shape index (κ3) is 7.40. The van der Waals surface area contributed by atoms with Gasteiger partial charge >= 0.3 is 0 Å². The maximum Gasteiger partial charge on any atom is 0.191 e. The van der Waals surface area contributed by atoms with E-state index in [0.717, 1.165) is 48.2 Å².